The van der Waals surface area contributed by atoms with Crippen LogP contribution in [0.3, 0.4) is 0 Å². The highest BCUT2D eigenvalue weighted by molar-refractivity contribution is 9.11. The first-order chi connectivity index (χ1) is 14.3. The topological polar surface area (TPSA) is 49.7 Å². The molecule has 5 heteroatoms. The van der Waals surface area contributed by atoms with Crippen LogP contribution in [0.2, 0.25) is 0 Å². The van der Waals surface area contributed by atoms with E-state index in [1.807, 2.05) is 60.7 Å². The lowest BCUT2D eigenvalue weighted by atomic mass is 9.68. The van der Waals surface area contributed by atoms with E-state index < -0.39 is 12.0 Å². The van der Waals surface area contributed by atoms with Gasteiger partial charge >= 0.3 is 0 Å². The first kappa shape index (κ1) is 20.7. The van der Waals surface area contributed by atoms with Gasteiger partial charge in [0.25, 0.3) is 0 Å². The van der Waals surface area contributed by atoms with E-state index in [9.17, 15) is 9.59 Å². The molecule has 2 unspecified atom stereocenters. The number of ketones is 1. The van der Waals surface area contributed by atoms with Crippen LogP contribution in [0.15, 0.2) is 64.1 Å². The molecular formula is C25H25BrN2O2. The summed E-state index contributed by atoms with van der Waals surface area (Å²) in [6.45, 7) is 5.76. The number of hydrogen-bond donors (Lipinski definition) is 0. The molecule has 154 valence electrons. The zero-order chi connectivity index (χ0) is 21.5. The predicted octanol–water partition coefficient (Wildman–Crippen LogP) is 5.94. The number of aliphatic imine (C=N–C) groups is 1. The van der Waals surface area contributed by atoms with Crippen molar-refractivity contribution in [3.63, 3.8) is 0 Å². The monoisotopic (exact) mass is 464 g/mol. The van der Waals surface area contributed by atoms with Crippen molar-refractivity contribution in [1.29, 1.82) is 0 Å². The molecule has 1 heterocycles. The molecule has 1 aliphatic heterocycles. The smallest absolute Gasteiger partial charge is 0.224 e. The summed E-state index contributed by atoms with van der Waals surface area (Å²) < 4.78 is 0.798. The number of Topliss-reactive ketones (excluding diaryl/α,β-unsaturated/α-hetero) is 1. The summed E-state index contributed by atoms with van der Waals surface area (Å²) in [5, 5.41) is 0. The number of amides is 1. The number of rotatable bonds is 2. The number of carbonyl (C=O) groups excluding carboxylic acids is 2. The van der Waals surface area contributed by atoms with Crippen molar-refractivity contribution in [3.8, 4) is 0 Å². The summed E-state index contributed by atoms with van der Waals surface area (Å²) in [7, 11) is 0. The van der Waals surface area contributed by atoms with Gasteiger partial charge in [-0.25, -0.2) is 0 Å². The molecule has 2 aliphatic rings. The largest absolute Gasteiger partial charge is 0.301 e. The van der Waals surface area contributed by atoms with Gasteiger partial charge in [-0.1, -0.05) is 72.2 Å². The standard InChI is InChI=1S/C25H25BrN2O2/c1-16(29)28-21-12-8-7-11-19(21)27-20-14-25(2,3)15-22(30)23(20)24(28)18(26)13-17-9-5-4-6-10-17/h4-13,23-24H,14-15H2,1-3H3. The van der Waals surface area contributed by atoms with Crippen LogP contribution in [-0.2, 0) is 9.59 Å². The van der Waals surface area contributed by atoms with Gasteiger partial charge in [0, 0.05) is 23.5 Å². The average Bonchev–Trinajstić information content (AvgIpc) is 2.82. The Labute approximate surface area is 185 Å². The molecule has 2 atom stereocenters. The van der Waals surface area contributed by atoms with E-state index >= 15 is 0 Å². The summed E-state index contributed by atoms with van der Waals surface area (Å²) in [4.78, 5) is 33.0. The van der Waals surface area contributed by atoms with E-state index in [1.54, 1.807) is 11.8 Å². The molecule has 0 N–H and O–H groups in total. The maximum atomic E-state index is 13.4. The number of fused-ring (bicyclic) bond motifs is 2. The van der Waals surface area contributed by atoms with Gasteiger partial charge in [-0.2, -0.15) is 0 Å². The van der Waals surface area contributed by atoms with Gasteiger partial charge in [0.2, 0.25) is 5.91 Å². The lowest BCUT2D eigenvalue weighted by Gasteiger charge is -2.40. The fourth-order valence-electron chi connectivity index (χ4n) is 4.56. The Kier molecular flexibility index (Phi) is 5.49. The second-order valence-corrected chi connectivity index (χ2v) is 9.74. The van der Waals surface area contributed by atoms with Gasteiger partial charge in [-0.3, -0.25) is 14.6 Å². The number of carbonyl (C=O) groups is 2. The van der Waals surface area contributed by atoms with Crippen molar-refractivity contribution >= 4 is 50.8 Å². The van der Waals surface area contributed by atoms with E-state index in [2.05, 4.69) is 29.8 Å². The number of hydrogen-bond acceptors (Lipinski definition) is 3. The van der Waals surface area contributed by atoms with Gasteiger partial charge in [0.1, 0.15) is 5.78 Å². The van der Waals surface area contributed by atoms with Crippen LogP contribution in [0.1, 0.15) is 39.2 Å². The molecule has 30 heavy (non-hydrogen) atoms. The maximum absolute atomic E-state index is 13.4. The molecule has 4 nitrogen and oxygen atoms in total. The zero-order valence-electron chi connectivity index (χ0n) is 17.4. The Morgan fingerprint density at radius 1 is 1.10 bits per heavy atom. The van der Waals surface area contributed by atoms with E-state index in [1.165, 1.54) is 0 Å². The Morgan fingerprint density at radius 3 is 2.47 bits per heavy atom. The maximum Gasteiger partial charge on any atom is 0.224 e. The fraction of sp³-hybridized carbons (Fsp3) is 0.320. The quantitative estimate of drug-likeness (QED) is 0.552. The minimum atomic E-state index is -0.469. The SMILES string of the molecule is CC(=O)N1c2ccccc2N=C2CC(C)(C)CC(=O)C2C1C(Br)=Cc1ccccc1. The number of para-hydroxylation sites is 2. The lowest BCUT2D eigenvalue weighted by molar-refractivity contribution is -0.124. The Hall–Kier alpha value is -2.53. The molecule has 0 spiro atoms. The van der Waals surface area contributed by atoms with Crippen molar-refractivity contribution in [2.75, 3.05) is 4.90 Å². The van der Waals surface area contributed by atoms with Crippen LogP contribution >= 0.6 is 15.9 Å². The number of nitrogens with zero attached hydrogens (tertiary/aromatic N) is 2. The molecule has 1 aliphatic carbocycles. The van der Waals surface area contributed by atoms with Gasteiger partial charge in [-0.15, -0.1) is 0 Å². The molecular weight excluding hydrogens is 440 g/mol. The van der Waals surface area contributed by atoms with E-state index in [0.29, 0.717) is 6.42 Å². The molecule has 0 aromatic heterocycles. The van der Waals surface area contributed by atoms with Crippen LogP contribution in [0.25, 0.3) is 6.08 Å². The Morgan fingerprint density at radius 2 is 1.77 bits per heavy atom. The molecule has 2 aromatic carbocycles. The zero-order valence-corrected chi connectivity index (χ0v) is 19.0. The summed E-state index contributed by atoms with van der Waals surface area (Å²) in [6, 6.07) is 17.1. The van der Waals surface area contributed by atoms with E-state index in [4.69, 9.17) is 4.99 Å². The summed E-state index contributed by atoms with van der Waals surface area (Å²) in [5.74, 6) is -0.448. The third-order valence-corrected chi connectivity index (χ3v) is 6.44. The van der Waals surface area contributed by atoms with Crippen molar-refractivity contribution in [2.45, 2.75) is 39.7 Å². The highest BCUT2D eigenvalue weighted by Gasteiger charge is 2.47. The number of benzene rings is 2. The minimum absolute atomic E-state index is 0.111. The first-order valence-electron chi connectivity index (χ1n) is 10.2. The molecule has 4 rings (SSSR count). The number of anilines is 1. The van der Waals surface area contributed by atoms with Gasteiger partial charge < -0.3 is 4.90 Å². The molecule has 1 amide bonds. The van der Waals surface area contributed by atoms with Crippen molar-refractivity contribution < 1.29 is 9.59 Å². The Balaban J connectivity index is 1.93. The molecule has 1 fully saturated rings. The van der Waals surface area contributed by atoms with Crippen molar-refractivity contribution in [2.24, 2.45) is 16.3 Å². The van der Waals surface area contributed by atoms with Crippen LogP contribution in [0.4, 0.5) is 11.4 Å². The van der Waals surface area contributed by atoms with Gasteiger partial charge in [0.15, 0.2) is 0 Å². The molecule has 2 aromatic rings. The van der Waals surface area contributed by atoms with Crippen LogP contribution in [0.5, 0.6) is 0 Å². The number of halogens is 1. The summed E-state index contributed by atoms with van der Waals surface area (Å²) in [5.41, 5.74) is 3.19. The first-order valence-corrected chi connectivity index (χ1v) is 11.0. The lowest BCUT2D eigenvalue weighted by Crippen LogP contribution is -2.52. The van der Waals surface area contributed by atoms with Crippen molar-refractivity contribution in [1.82, 2.24) is 0 Å². The summed E-state index contributed by atoms with van der Waals surface area (Å²) in [6.07, 6.45) is 3.20. The van der Waals surface area contributed by atoms with Gasteiger partial charge in [-0.05, 0) is 35.6 Å². The molecule has 1 saturated carbocycles. The van der Waals surface area contributed by atoms with E-state index in [0.717, 1.165) is 33.6 Å². The van der Waals surface area contributed by atoms with Crippen LogP contribution < -0.4 is 4.90 Å². The minimum Gasteiger partial charge on any atom is -0.301 e. The highest BCUT2D eigenvalue weighted by Crippen LogP contribution is 2.45. The van der Waals surface area contributed by atoms with E-state index in [-0.39, 0.29) is 17.1 Å². The molecule has 0 saturated heterocycles. The van der Waals surface area contributed by atoms with Crippen LogP contribution in [0, 0.1) is 11.3 Å². The molecule has 0 bridgehead atoms. The van der Waals surface area contributed by atoms with Gasteiger partial charge in [0.05, 0.1) is 23.3 Å². The normalized spacial score (nSPS) is 23.2. The third kappa shape index (κ3) is 3.91. The predicted molar refractivity (Wildman–Crippen MR) is 125 cm³/mol. The second-order valence-electron chi connectivity index (χ2n) is 8.83. The molecule has 0 radical (unpaired) electrons. The summed E-state index contributed by atoms with van der Waals surface area (Å²) >= 11 is 3.75. The van der Waals surface area contributed by atoms with Crippen molar-refractivity contribution in [3.05, 3.63) is 64.6 Å². The second kappa shape index (κ2) is 7.95. The Bertz CT molecular complexity index is 1060. The average molecular weight is 465 g/mol. The highest BCUT2D eigenvalue weighted by atomic mass is 79.9. The fourth-order valence-corrected chi connectivity index (χ4v) is 5.29. The third-order valence-electron chi connectivity index (χ3n) is 5.74. The van der Waals surface area contributed by atoms with Crippen LogP contribution in [-0.4, -0.2) is 23.4 Å².